The van der Waals surface area contributed by atoms with Crippen molar-refractivity contribution in [3.8, 4) is 5.75 Å². The number of pyridine rings is 1. The summed E-state index contributed by atoms with van der Waals surface area (Å²) in [5, 5.41) is 3.52. The third kappa shape index (κ3) is 4.18. The zero-order valence-electron chi connectivity index (χ0n) is 12.2. The number of nitrogens with zero attached hydrogens (tertiary/aromatic N) is 2. The van der Waals surface area contributed by atoms with E-state index in [4.69, 9.17) is 4.74 Å². The Labute approximate surface area is 121 Å². The van der Waals surface area contributed by atoms with Gasteiger partial charge in [-0.2, -0.15) is 0 Å². The molecule has 0 amide bonds. The van der Waals surface area contributed by atoms with Crippen molar-refractivity contribution in [1.29, 1.82) is 0 Å². The Morgan fingerprint density at radius 1 is 1.25 bits per heavy atom. The fourth-order valence-electron chi connectivity index (χ4n) is 2.70. The van der Waals surface area contributed by atoms with Crippen LogP contribution in [0.4, 0.5) is 0 Å². The largest absolute Gasteiger partial charge is 0.492 e. The summed E-state index contributed by atoms with van der Waals surface area (Å²) in [7, 11) is 0. The van der Waals surface area contributed by atoms with Crippen LogP contribution in [0.2, 0.25) is 0 Å². The van der Waals surface area contributed by atoms with Gasteiger partial charge in [-0.05, 0) is 44.8 Å². The van der Waals surface area contributed by atoms with Gasteiger partial charge in [0, 0.05) is 37.1 Å². The first kappa shape index (κ1) is 13.8. The van der Waals surface area contributed by atoms with Gasteiger partial charge in [0.25, 0.3) is 0 Å². The molecule has 0 radical (unpaired) electrons. The van der Waals surface area contributed by atoms with E-state index < -0.39 is 0 Å². The molecule has 1 aromatic heterocycles. The zero-order chi connectivity index (χ0) is 13.6. The highest BCUT2D eigenvalue weighted by Gasteiger charge is 2.20. The van der Waals surface area contributed by atoms with E-state index in [-0.39, 0.29) is 0 Å². The Morgan fingerprint density at radius 3 is 2.90 bits per heavy atom. The number of rotatable bonds is 7. The molecule has 1 aromatic rings. The molecule has 2 aliphatic rings. The molecule has 1 N–H and O–H groups in total. The summed E-state index contributed by atoms with van der Waals surface area (Å²) in [6.45, 7) is 5.15. The van der Waals surface area contributed by atoms with Gasteiger partial charge < -0.3 is 10.1 Å². The number of nitrogens with one attached hydrogen (secondary N) is 1. The van der Waals surface area contributed by atoms with Crippen molar-refractivity contribution in [3.63, 3.8) is 0 Å². The Bertz CT molecular complexity index is 414. The van der Waals surface area contributed by atoms with Crippen LogP contribution in [0.5, 0.6) is 5.75 Å². The van der Waals surface area contributed by atoms with Crippen molar-refractivity contribution in [1.82, 2.24) is 15.2 Å². The van der Waals surface area contributed by atoms with Crippen LogP contribution < -0.4 is 10.1 Å². The first-order valence-electron chi connectivity index (χ1n) is 7.93. The molecule has 0 atom stereocenters. The second-order valence-electron chi connectivity index (χ2n) is 5.89. The summed E-state index contributed by atoms with van der Waals surface area (Å²) >= 11 is 0. The van der Waals surface area contributed by atoms with E-state index in [0.717, 1.165) is 31.5 Å². The molecule has 2 heterocycles. The molecule has 0 unspecified atom stereocenters. The lowest BCUT2D eigenvalue weighted by Gasteiger charge is -2.26. The third-order valence-electron chi connectivity index (χ3n) is 4.13. The second kappa shape index (κ2) is 7.04. The quantitative estimate of drug-likeness (QED) is 0.828. The minimum Gasteiger partial charge on any atom is -0.492 e. The maximum Gasteiger partial charge on any atom is 0.126 e. The summed E-state index contributed by atoms with van der Waals surface area (Å²) in [6.07, 6.45) is 10.4. The fourth-order valence-corrected chi connectivity index (χ4v) is 2.70. The summed E-state index contributed by atoms with van der Waals surface area (Å²) < 4.78 is 5.97. The highest BCUT2D eigenvalue weighted by atomic mass is 16.5. The minimum absolute atomic E-state index is 0.719. The Balaban J connectivity index is 1.45. The monoisotopic (exact) mass is 275 g/mol. The molecule has 110 valence electrons. The predicted octanol–water partition coefficient (Wildman–Crippen LogP) is 2.20. The van der Waals surface area contributed by atoms with Gasteiger partial charge in [-0.15, -0.1) is 0 Å². The van der Waals surface area contributed by atoms with Gasteiger partial charge in [0.05, 0.1) is 0 Å². The van der Waals surface area contributed by atoms with E-state index in [2.05, 4.69) is 15.2 Å². The van der Waals surface area contributed by atoms with Crippen molar-refractivity contribution >= 4 is 0 Å². The van der Waals surface area contributed by atoms with Gasteiger partial charge in [0.2, 0.25) is 0 Å². The maximum absolute atomic E-state index is 5.97. The Kier molecular flexibility index (Phi) is 4.87. The van der Waals surface area contributed by atoms with E-state index in [9.17, 15) is 0 Å². The first-order chi connectivity index (χ1) is 9.92. The number of ether oxygens (including phenoxy) is 1. The molecule has 4 nitrogen and oxygen atoms in total. The van der Waals surface area contributed by atoms with Crippen molar-refractivity contribution in [2.75, 3.05) is 26.2 Å². The average molecular weight is 275 g/mol. The van der Waals surface area contributed by atoms with Gasteiger partial charge >= 0.3 is 0 Å². The van der Waals surface area contributed by atoms with Crippen LogP contribution in [-0.4, -0.2) is 42.2 Å². The van der Waals surface area contributed by atoms with Crippen LogP contribution in [0.15, 0.2) is 18.5 Å². The van der Waals surface area contributed by atoms with E-state index in [0.29, 0.717) is 0 Å². The average Bonchev–Trinajstić information content (AvgIpc) is 3.32. The minimum atomic E-state index is 0.719. The van der Waals surface area contributed by atoms with Gasteiger partial charge in [-0.3, -0.25) is 9.88 Å². The molecular formula is C16H25N3O. The predicted molar refractivity (Wildman–Crippen MR) is 79.9 cm³/mol. The van der Waals surface area contributed by atoms with Crippen LogP contribution >= 0.6 is 0 Å². The van der Waals surface area contributed by atoms with Gasteiger partial charge in [-0.25, -0.2) is 0 Å². The lowest BCUT2D eigenvalue weighted by atomic mass is 10.1. The molecule has 20 heavy (non-hydrogen) atoms. The summed E-state index contributed by atoms with van der Waals surface area (Å²) in [6, 6.07) is 2.71. The Morgan fingerprint density at radius 2 is 2.10 bits per heavy atom. The molecular weight excluding hydrogens is 250 g/mol. The van der Waals surface area contributed by atoms with Crippen molar-refractivity contribution in [3.05, 3.63) is 24.0 Å². The molecule has 1 aliphatic heterocycles. The molecule has 2 fully saturated rings. The van der Waals surface area contributed by atoms with E-state index in [1.165, 1.54) is 50.8 Å². The number of likely N-dealkylation sites (tertiary alicyclic amines) is 1. The molecule has 3 rings (SSSR count). The maximum atomic E-state index is 5.97. The molecule has 0 aromatic carbocycles. The van der Waals surface area contributed by atoms with E-state index in [1.54, 1.807) is 0 Å². The van der Waals surface area contributed by atoms with Crippen LogP contribution in [0, 0.1) is 0 Å². The van der Waals surface area contributed by atoms with Crippen molar-refractivity contribution < 1.29 is 4.74 Å². The highest BCUT2D eigenvalue weighted by Crippen LogP contribution is 2.22. The SMILES string of the molecule is c1cc(OCCN2CCCCC2)c(CNC2CC2)cn1. The second-order valence-corrected chi connectivity index (χ2v) is 5.89. The van der Waals surface area contributed by atoms with Gasteiger partial charge in [0.15, 0.2) is 0 Å². The van der Waals surface area contributed by atoms with Gasteiger partial charge in [-0.1, -0.05) is 6.42 Å². The third-order valence-corrected chi connectivity index (χ3v) is 4.13. The van der Waals surface area contributed by atoms with E-state index in [1.807, 2.05) is 18.5 Å². The Hall–Kier alpha value is -1.13. The molecule has 0 bridgehead atoms. The topological polar surface area (TPSA) is 37.4 Å². The fraction of sp³-hybridized carbons (Fsp3) is 0.688. The standard InChI is InChI=1S/C16H25N3O/c1-2-8-19(9-3-1)10-11-20-16-6-7-17-12-14(16)13-18-15-4-5-15/h6-7,12,15,18H,1-5,8-11,13H2. The van der Waals surface area contributed by atoms with E-state index >= 15 is 0 Å². The zero-order valence-corrected chi connectivity index (χ0v) is 12.2. The highest BCUT2D eigenvalue weighted by molar-refractivity contribution is 5.30. The summed E-state index contributed by atoms with van der Waals surface area (Å²) in [5.74, 6) is 0.991. The van der Waals surface area contributed by atoms with Crippen LogP contribution in [0.25, 0.3) is 0 Å². The van der Waals surface area contributed by atoms with Crippen LogP contribution in [0.3, 0.4) is 0 Å². The number of piperidine rings is 1. The lowest BCUT2D eigenvalue weighted by molar-refractivity contribution is 0.182. The molecule has 4 heteroatoms. The summed E-state index contributed by atoms with van der Waals surface area (Å²) in [5.41, 5.74) is 1.18. The van der Waals surface area contributed by atoms with Crippen LogP contribution in [-0.2, 0) is 6.54 Å². The smallest absolute Gasteiger partial charge is 0.126 e. The molecule has 1 saturated carbocycles. The lowest BCUT2D eigenvalue weighted by Crippen LogP contribution is -2.33. The molecule has 1 aliphatic carbocycles. The normalized spacial score (nSPS) is 20.0. The number of hydrogen-bond acceptors (Lipinski definition) is 4. The summed E-state index contributed by atoms with van der Waals surface area (Å²) in [4.78, 5) is 6.72. The molecule has 0 spiro atoms. The molecule has 1 saturated heterocycles. The van der Waals surface area contributed by atoms with Crippen LogP contribution in [0.1, 0.15) is 37.7 Å². The van der Waals surface area contributed by atoms with Crippen molar-refractivity contribution in [2.24, 2.45) is 0 Å². The van der Waals surface area contributed by atoms with Crippen molar-refractivity contribution in [2.45, 2.75) is 44.7 Å². The van der Waals surface area contributed by atoms with Gasteiger partial charge in [0.1, 0.15) is 12.4 Å². The number of hydrogen-bond donors (Lipinski definition) is 1. The number of aromatic nitrogens is 1. The first-order valence-corrected chi connectivity index (χ1v) is 7.93.